The molecule has 29 heavy (non-hydrogen) atoms. The molecule has 3 amide bonds. The van der Waals surface area contributed by atoms with Gasteiger partial charge < -0.3 is 15.2 Å². The third kappa shape index (κ3) is 4.90. The highest BCUT2D eigenvalue weighted by Gasteiger charge is 2.35. The molecule has 0 aliphatic carbocycles. The van der Waals surface area contributed by atoms with E-state index in [0.717, 1.165) is 17.3 Å². The lowest BCUT2D eigenvalue weighted by molar-refractivity contribution is -0.123. The topological polar surface area (TPSA) is 98.9 Å². The number of primary amides is 1. The zero-order valence-corrected chi connectivity index (χ0v) is 17.0. The number of halogens is 1. The lowest BCUT2D eigenvalue weighted by Gasteiger charge is -2.13. The molecule has 0 spiro atoms. The number of ether oxygens (including phenoxy) is 2. The van der Waals surface area contributed by atoms with Crippen LogP contribution in [-0.4, -0.2) is 35.7 Å². The Morgan fingerprint density at radius 2 is 1.97 bits per heavy atom. The van der Waals surface area contributed by atoms with Crippen LogP contribution in [-0.2, 0) is 16.1 Å². The zero-order valence-electron chi connectivity index (χ0n) is 15.4. The number of carbonyl (C=O) groups is 3. The highest BCUT2D eigenvalue weighted by atomic mass is 35.5. The van der Waals surface area contributed by atoms with Crippen molar-refractivity contribution in [1.29, 1.82) is 0 Å². The Labute approximate surface area is 176 Å². The number of nitrogens with zero attached hydrogens (tertiary/aromatic N) is 1. The second kappa shape index (κ2) is 9.02. The van der Waals surface area contributed by atoms with Gasteiger partial charge in [0.2, 0.25) is 0 Å². The molecule has 0 aromatic heterocycles. The van der Waals surface area contributed by atoms with Crippen LogP contribution < -0.4 is 15.2 Å². The molecule has 150 valence electrons. The van der Waals surface area contributed by atoms with E-state index in [-0.39, 0.29) is 45.7 Å². The number of rotatable bonds is 7. The molecule has 1 aliphatic rings. The normalized spacial score (nSPS) is 15.1. The smallest absolute Gasteiger partial charge is 0.293 e. The summed E-state index contributed by atoms with van der Waals surface area (Å²) in [7, 11) is 1.42. The third-order valence-electron chi connectivity index (χ3n) is 3.97. The van der Waals surface area contributed by atoms with Crippen LogP contribution in [0.3, 0.4) is 0 Å². The van der Waals surface area contributed by atoms with E-state index in [4.69, 9.17) is 26.8 Å². The minimum atomic E-state index is -0.653. The van der Waals surface area contributed by atoms with Crippen molar-refractivity contribution in [2.75, 3.05) is 13.7 Å². The zero-order chi connectivity index (χ0) is 21.0. The van der Waals surface area contributed by atoms with Gasteiger partial charge in [-0.05, 0) is 41.1 Å². The van der Waals surface area contributed by atoms with Crippen LogP contribution in [0.4, 0.5) is 4.79 Å². The summed E-state index contributed by atoms with van der Waals surface area (Å²) in [5, 5.41) is -0.162. The average Bonchev–Trinajstić information content (AvgIpc) is 2.94. The second-order valence-electron chi connectivity index (χ2n) is 6.04. The Morgan fingerprint density at radius 3 is 2.62 bits per heavy atom. The molecule has 0 saturated carbocycles. The summed E-state index contributed by atoms with van der Waals surface area (Å²) in [6.45, 7) is -0.152. The number of nitrogens with two attached hydrogens (primary N) is 1. The molecule has 7 nitrogen and oxygen atoms in total. The Kier molecular flexibility index (Phi) is 6.46. The molecule has 2 aromatic rings. The number of carbonyl (C=O) groups excluding carboxylic acids is 3. The number of methoxy groups -OCH3 is 1. The first kappa shape index (κ1) is 20.8. The molecule has 1 saturated heterocycles. The Bertz CT molecular complexity index is 994. The number of thioether (sulfide) groups is 1. The molecule has 1 heterocycles. The number of hydrogen-bond acceptors (Lipinski definition) is 6. The number of benzene rings is 2. The molecular weight excluding hydrogens is 416 g/mol. The molecule has 0 bridgehead atoms. The predicted molar refractivity (Wildman–Crippen MR) is 111 cm³/mol. The summed E-state index contributed by atoms with van der Waals surface area (Å²) in [6.07, 6.45) is 1.56. The fourth-order valence-electron chi connectivity index (χ4n) is 2.66. The van der Waals surface area contributed by atoms with E-state index in [0.29, 0.717) is 5.56 Å². The van der Waals surface area contributed by atoms with Crippen LogP contribution >= 0.6 is 23.4 Å². The lowest BCUT2D eigenvalue weighted by atomic mass is 10.1. The van der Waals surface area contributed by atoms with E-state index in [2.05, 4.69) is 0 Å². The van der Waals surface area contributed by atoms with E-state index in [1.807, 2.05) is 30.3 Å². The summed E-state index contributed by atoms with van der Waals surface area (Å²) in [5.74, 6) is -0.594. The van der Waals surface area contributed by atoms with Crippen molar-refractivity contribution >= 4 is 46.5 Å². The minimum absolute atomic E-state index is 0.169. The van der Waals surface area contributed by atoms with Crippen molar-refractivity contribution in [2.45, 2.75) is 6.54 Å². The molecule has 1 aliphatic heterocycles. The van der Waals surface area contributed by atoms with E-state index < -0.39 is 5.91 Å². The average molecular weight is 433 g/mol. The first-order valence-electron chi connectivity index (χ1n) is 8.47. The van der Waals surface area contributed by atoms with Crippen LogP contribution in [0.1, 0.15) is 11.1 Å². The van der Waals surface area contributed by atoms with Gasteiger partial charge in [-0.25, -0.2) is 0 Å². The van der Waals surface area contributed by atoms with Gasteiger partial charge in [-0.15, -0.1) is 0 Å². The number of amides is 3. The van der Waals surface area contributed by atoms with Crippen LogP contribution in [0.2, 0.25) is 5.02 Å². The van der Waals surface area contributed by atoms with Crippen LogP contribution in [0.15, 0.2) is 47.4 Å². The molecule has 1 fully saturated rings. The number of hydrogen-bond donors (Lipinski definition) is 1. The molecule has 0 unspecified atom stereocenters. The molecule has 9 heteroatoms. The van der Waals surface area contributed by atoms with Gasteiger partial charge in [0.15, 0.2) is 18.1 Å². The molecular formula is C20H17ClN2O5S. The van der Waals surface area contributed by atoms with Crippen molar-refractivity contribution < 1.29 is 23.9 Å². The van der Waals surface area contributed by atoms with E-state index >= 15 is 0 Å². The first-order chi connectivity index (χ1) is 13.9. The minimum Gasteiger partial charge on any atom is -0.493 e. The van der Waals surface area contributed by atoms with E-state index in [9.17, 15) is 14.4 Å². The maximum absolute atomic E-state index is 12.7. The van der Waals surface area contributed by atoms with Crippen LogP contribution in [0, 0.1) is 0 Å². The Morgan fingerprint density at radius 1 is 1.24 bits per heavy atom. The molecule has 0 radical (unpaired) electrons. The summed E-state index contributed by atoms with van der Waals surface area (Å²) in [6, 6.07) is 12.4. The van der Waals surface area contributed by atoms with Gasteiger partial charge in [0.25, 0.3) is 17.1 Å². The Balaban J connectivity index is 1.84. The summed E-state index contributed by atoms with van der Waals surface area (Å²) < 4.78 is 10.5. The van der Waals surface area contributed by atoms with Gasteiger partial charge in [0, 0.05) is 0 Å². The SMILES string of the molecule is COc1cc(/C=C2\SC(=O)N(Cc3ccccc3)C2=O)cc(Cl)c1OCC(N)=O. The standard InChI is InChI=1S/C20H17ClN2O5S/c1-27-15-8-13(7-14(21)18(15)28-11-17(22)24)9-16-19(25)23(20(26)29-16)10-12-5-3-2-4-6-12/h2-9H,10-11H2,1H3,(H2,22,24)/b16-9-. The van der Waals surface area contributed by atoms with Gasteiger partial charge in [-0.1, -0.05) is 41.9 Å². The maximum Gasteiger partial charge on any atom is 0.293 e. The van der Waals surface area contributed by atoms with Crippen molar-refractivity contribution in [3.63, 3.8) is 0 Å². The quantitative estimate of drug-likeness (QED) is 0.673. The Hall–Kier alpha value is -2.97. The maximum atomic E-state index is 12.7. The third-order valence-corrected chi connectivity index (χ3v) is 5.15. The second-order valence-corrected chi connectivity index (χ2v) is 7.44. The van der Waals surface area contributed by atoms with Gasteiger partial charge in [0.05, 0.1) is 23.6 Å². The number of imide groups is 1. The largest absolute Gasteiger partial charge is 0.493 e. The fraction of sp³-hybridized carbons (Fsp3) is 0.150. The monoisotopic (exact) mass is 432 g/mol. The predicted octanol–water partition coefficient (Wildman–Crippen LogP) is 3.45. The summed E-state index contributed by atoms with van der Waals surface area (Å²) >= 11 is 7.08. The molecule has 0 atom stereocenters. The molecule has 2 N–H and O–H groups in total. The van der Waals surface area contributed by atoms with Crippen molar-refractivity contribution in [3.8, 4) is 11.5 Å². The first-order valence-corrected chi connectivity index (χ1v) is 9.66. The van der Waals surface area contributed by atoms with Crippen molar-refractivity contribution in [1.82, 2.24) is 4.90 Å². The highest BCUT2D eigenvalue weighted by Crippen LogP contribution is 2.39. The van der Waals surface area contributed by atoms with Gasteiger partial charge in [-0.3, -0.25) is 19.3 Å². The van der Waals surface area contributed by atoms with Gasteiger partial charge >= 0.3 is 0 Å². The summed E-state index contributed by atoms with van der Waals surface area (Å²) in [4.78, 5) is 37.4. The van der Waals surface area contributed by atoms with Crippen LogP contribution in [0.5, 0.6) is 11.5 Å². The van der Waals surface area contributed by atoms with Crippen molar-refractivity contribution in [3.05, 3.63) is 63.5 Å². The molecule has 3 rings (SSSR count). The van der Waals surface area contributed by atoms with Gasteiger partial charge in [0.1, 0.15) is 0 Å². The highest BCUT2D eigenvalue weighted by molar-refractivity contribution is 8.18. The van der Waals surface area contributed by atoms with Gasteiger partial charge in [-0.2, -0.15) is 0 Å². The van der Waals surface area contributed by atoms with E-state index in [1.165, 1.54) is 12.0 Å². The van der Waals surface area contributed by atoms with E-state index in [1.54, 1.807) is 18.2 Å². The molecule has 2 aromatic carbocycles. The summed E-state index contributed by atoms with van der Waals surface area (Å²) in [5.41, 5.74) is 6.49. The lowest BCUT2D eigenvalue weighted by Crippen LogP contribution is -2.27. The van der Waals surface area contributed by atoms with Crippen molar-refractivity contribution in [2.24, 2.45) is 5.73 Å². The fourth-order valence-corrected chi connectivity index (χ4v) is 3.77. The van der Waals surface area contributed by atoms with Crippen LogP contribution in [0.25, 0.3) is 6.08 Å².